The number of halogens is 1. The van der Waals surface area contributed by atoms with Crippen LogP contribution in [0.4, 0.5) is 0 Å². The molecule has 0 unspecified atom stereocenters. The standard InChI is InChI=1S/C20H24BrNO2/c21-19-9-7-17(8-10-19)16-24-20-6-2-1-4-18(20)5-3-11-22-12-14-23-15-13-22/h1-2,4,6-10H,3,5,11-16H2. The number of para-hydroxylation sites is 1. The summed E-state index contributed by atoms with van der Waals surface area (Å²) < 4.78 is 12.5. The van der Waals surface area contributed by atoms with Gasteiger partial charge in [0.1, 0.15) is 12.4 Å². The average molecular weight is 390 g/mol. The third kappa shape index (κ3) is 5.33. The molecule has 1 heterocycles. The molecule has 2 aromatic carbocycles. The van der Waals surface area contributed by atoms with E-state index in [1.807, 2.05) is 18.2 Å². The maximum atomic E-state index is 6.06. The number of ether oxygens (including phenoxy) is 2. The molecular weight excluding hydrogens is 366 g/mol. The van der Waals surface area contributed by atoms with Gasteiger partial charge >= 0.3 is 0 Å². The summed E-state index contributed by atoms with van der Waals surface area (Å²) in [6, 6.07) is 16.7. The first-order chi connectivity index (χ1) is 11.8. The number of benzene rings is 2. The number of rotatable bonds is 7. The number of hydrogen-bond acceptors (Lipinski definition) is 3. The van der Waals surface area contributed by atoms with E-state index in [2.05, 4.69) is 51.2 Å². The van der Waals surface area contributed by atoms with Gasteiger partial charge in [0.15, 0.2) is 0 Å². The Morgan fingerprint density at radius 1 is 1.00 bits per heavy atom. The maximum Gasteiger partial charge on any atom is 0.122 e. The van der Waals surface area contributed by atoms with E-state index in [0.717, 1.165) is 55.9 Å². The second-order valence-electron chi connectivity index (χ2n) is 6.08. The molecule has 24 heavy (non-hydrogen) atoms. The van der Waals surface area contributed by atoms with Crippen molar-refractivity contribution in [1.82, 2.24) is 4.90 Å². The zero-order chi connectivity index (χ0) is 16.6. The third-order valence-corrected chi connectivity index (χ3v) is 4.83. The van der Waals surface area contributed by atoms with Crippen LogP contribution >= 0.6 is 15.9 Å². The largest absolute Gasteiger partial charge is 0.489 e. The van der Waals surface area contributed by atoms with E-state index in [-0.39, 0.29) is 0 Å². The Kier molecular flexibility index (Phi) is 6.70. The molecule has 2 aromatic rings. The van der Waals surface area contributed by atoms with Crippen molar-refractivity contribution in [3.8, 4) is 5.75 Å². The van der Waals surface area contributed by atoms with E-state index in [1.165, 1.54) is 11.1 Å². The lowest BCUT2D eigenvalue weighted by Gasteiger charge is -2.26. The van der Waals surface area contributed by atoms with Gasteiger partial charge in [0.05, 0.1) is 13.2 Å². The SMILES string of the molecule is Brc1ccc(COc2ccccc2CCCN2CCOCC2)cc1. The lowest BCUT2D eigenvalue weighted by molar-refractivity contribution is 0.0374. The zero-order valence-electron chi connectivity index (χ0n) is 13.9. The quantitative estimate of drug-likeness (QED) is 0.704. The van der Waals surface area contributed by atoms with Crippen molar-refractivity contribution in [2.45, 2.75) is 19.4 Å². The molecular formula is C20H24BrNO2. The van der Waals surface area contributed by atoms with Crippen molar-refractivity contribution in [3.63, 3.8) is 0 Å². The van der Waals surface area contributed by atoms with Crippen molar-refractivity contribution in [2.75, 3.05) is 32.8 Å². The van der Waals surface area contributed by atoms with Gasteiger partial charge in [-0.2, -0.15) is 0 Å². The summed E-state index contributed by atoms with van der Waals surface area (Å²) in [5.41, 5.74) is 2.48. The van der Waals surface area contributed by atoms with Crippen molar-refractivity contribution >= 4 is 15.9 Å². The van der Waals surface area contributed by atoms with Gasteiger partial charge in [-0.25, -0.2) is 0 Å². The number of nitrogens with zero attached hydrogens (tertiary/aromatic N) is 1. The van der Waals surface area contributed by atoms with Crippen LogP contribution in [0, 0.1) is 0 Å². The van der Waals surface area contributed by atoms with Crippen molar-refractivity contribution in [2.24, 2.45) is 0 Å². The zero-order valence-corrected chi connectivity index (χ0v) is 15.5. The van der Waals surface area contributed by atoms with Gasteiger partial charge in [-0.05, 0) is 48.7 Å². The van der Waals surface area contributed by atoms with E-state index in [4.69, 9.17) is 9.47 Å². The molecule has 0 atom stereocenters. The Labute approximate surface area is 152 Å². The highest BCUT2D eigenvalue weighted by Crippen LogP contribution is 2.21. The van der Waals surface area contributed by atoms with E-state index in [1.54, 1.807) is 0 Å². The minimum absolute atomic E-state index is 0.605. The fourth-order valence-corrected chi connectivity index (χ4v) is 3.18. The summed E-state index contributed by atoms with van der Waals surface area (Å²) >= 11 is 3.46. The molecule has 1 saturated heterocycles. The van der Waals surface area contributed by atoms with Crippen LogP contribution in [0.1, 0.15) is 17.5 Å². The minimum atomic E-state index is 0.605. The Hall–Kier alpha value is -1.36. The molecule has 0 spiro atoms. The molecule has 1 aliphatic rings. The van der Waals surface area contributed by atoms with Crippen molar-refractivity contribution < 1.29 is 9.47 Å². The summed E-state index contributed by atoms with van der Waals surface area (Å²) in [5, 5.41) is 0. The highest BCUT2D eigenvalue weighted by molar-refractivity contribution is 9.10. The highest BCUT2D eigenvalue weighted by atomic mass is 79.9. The first kappa shape index (κ1) is 17.5. The number of aryl methyl sites for hydroxylation is 1. The van der Waals surface area contributed by atoms with Crippen LogP contribution in [-0.4, -0.2) is 37.7 Å². The summed E-state index contributed by atoms with van der Waals surface area (Å²) in [5.74, 6) is 1.00. The average Bonchev–Trinajstić information content (AvgIpc) is 2.63. The van der Waals surface area contributed by atoms with E-state index in [0.29, 0.717) is 6.61 Å². The summed E-state index contributed by atoms with van der Waals surface area (Å²) in [4.78, 5) is 2.48. The van der Waals surface area contributed by atoms with Crippen molar-refractivity contribution in [3.05, 3.63) is 64.1 Å². The van der Waals surface area contributed by atoms with Gasteiger partial charge < -0.3 is 9.47 Å². The molecule has 4 heteroatoms. The lowest BCUT2D eigenvalue weighted by atomic mass is 10.1. The van der Waals surface area contributed by atoms with Gasteiger partial charge in [-0.3, -0.25) is 4.90 Å². The van der Waals surface area contributed by atoms with Gasteiger partial charge in [0.2, 0.25) is 0 Å². The predicted molar refractivity (Wildman–Crippen MR) is 100 cm³/mol. The number of morpholine rings is 1. The maximum absolute atomic E-state index is 6.06. The van der Waals surface area contributed by atoms with Crippen molar-refractivity contribution in [1.29, 1.82) is 0 Å². The fourth-order valence-electron chi connectivity index (χ4n) is 2.91. The van der Waals surface area contributed by atoms with Crippen LogP contribution in [-0.2, 0) is 17.8 Å². The molecule has 0 radical (unpaired) electrons. The second kappa shape index (κ2) is 9.21. The molecule has 0 N–H and O–H groups in total. The lowest BCUT2D eigenvalue weighted by Crippen LogP contribution is -2.36. The number of hydrogen-bond donors (Lipinski definition) is 0. The van der Waals surface area contributed by atoms with Crippen LogP contribution < -0.4 is 4.74 Å². The normalized spacial score (nSPS) is 15.4. The topological polar surface area (TPSA) is 21.7 Å². The molecule has 0 aromatic heterocycles. The first-order valence-electron chi connectivity index (χ1n) is 8.56. The Morgan fingerprint density at radius 3 is 2.54 bits per heavy atom. The smallest absolute Gasteiger partial charge is 0.122 e. The molecule has 0 saturated carbocycles. The molecule has 3 nitrogen and oxygen atoms in total. The molecule has 3 rings (SSSR count). The van der Waals surface area contributed by atoms with Gasteiger partial charge in [0, 0.05) is 17.6 Å². The minimum Gasteiger partial charge on any atom is -0.489 e. The van der Waals surface area contributed by atoms with Crippen LogP contribution in [0.25, 0.3) is 0 Å². The molecule has 0 bridgehead atoms. The predicted octanol–water partition coefficient (Wildman–Crippen LogP) is 4.29. The summed E-state index contributed by atoms with van der Waals surface area (Å²) in [6.07, 6.45) is 2.20. The molecule has 1 aliphatic heterocycles. The second-order valence-corrected chi connectivity index (χ2v) is 7.00. The van der Waals surface area contributed by atoms with E-state index < -0.39 is 0 Å². The Balaban J connectivity index is 1.51. The molecule has 128 valence electrons. The van der Waals surface area contributed by atoms with E-state index in [9.17, 15) is 0 Å². The molecule has 0 amide bonds. The summed E-state index contributed by atoms with van der Waals surface area (Å²) in [6.45, 7) is 5.58. The van der Waals surface area contributed by atoms with Gasteiger partial charge in [-0.15, -0.1) is 0 Å². The van der Waals surface area contributed by atoms with Crippen LogP contribution in [0.2, 0.25) is 0 Å². The fraction of sp³-hybridized carbons (Fsp3) is 0.400. The monoisotopic (exact) mass is 389 g/mol. The van der Waals surface area contributed by atoms with Crippen LogP contribution in [0.5, 0.6) is 5.75 Å². The molecule has 0 aliphatic carbocycles. The highest BCUT2D eigenvalue weighted by Gasteiger charge is 2.10. The third-order valence-electron chi connectivity index (χ3n) is 4.30. The first-order valence-corrected chi connectivity index (χ1v) is 9.36. The van der Waals surface area contributed by atoms with Gasteiger partial charge in [0.25, 0.3) is 0 Å². The Bertz CT molecular complexity index is 624. The van der Waals surface area contributed by atoms with Crippen LogP contribution in [0.3, 0.4) is 0 Å². The van der Waals surface area contributed by atoms with E-state index >= 15 is 0 Å². The molecule has 1 fully saturated rings. The summed E-state index contributed by atoms with van der Waals surface area (Å²) in [7, 11) is 0. The Morgan fingerprint density at radius 2 is 1.75 bits per heavy atom. The van der Waals surface area contributed by atoms with Gasteiger partial charge in [-0.1, -0.05) is 46.3 Å². The van der Waals surface area contributed by atoms with Crippen LogP contribution in [0.15, 0.2) is 53.0 Å².